The van der Waals surface area contributed by atoms with Crippen LogP contribution < -0.4 is 10.6 Å². The molecule has 0 aromatic heterocycles. The quantitative estimate of drug-likeness (QED) is 0.697. The van der Waals surface area contributed by atoms with E-state index in [1.165, 1.54) is 5.56 Å². The predicted octanol–water partition coefficient (Wildman–Crippen LogP) is 1.41. The van der Waals surface area contributed by atoms with Crippen molar-refractivity contribution in [2.24, 2.45) is 0 Å². The molecule has 0 bridgehead atoms. The fourth-order valence-corrected chi connectivity index (χ4v) is 2.00. The standard InChI is InChI=1S/C15H25N3O/c1-16-11-7-10-15(19)17-12-14(18(2)3)13-8-5-4-6-9-13/h4-6,8-9,14,16H,7,10-12H2,1-3H3,(H,17,19). The van der Waals surface area contributed by atoms with Crippen LogP contribution in [-0.4, -0.2) is 45.0 Å². The van der Waals surface area contributed by atoms with E-state index in [1.807, 2.05) is 39.3 Å². The first kappa shape index (κ1) is 15.7. The Kier molecular flexibility index (Phi) is 7.15. The van der Waals surface area contributed by atoms with E-state index in [9.17, 15) is 4.79 Å². The largest absolute Gasteiger partial charge is 0.354 e. The average Bonchev–Trinajstić information content (AvgIpc) is 2.40. The number of hydrogen-bond acceptors (Lipinski definition) is 3. The number of likely N-dealkylation sites (N-methyl/N-ethyl adjacent to an activating group) is 1. The Bertz CT molecular complexity index is 365. The van der Waals surface area contributed by atoms with Gasteiger partial charge in [0.1, 0.15) is 0 Å². The molecule has 106 valence electrons. The van der Waals surface area contributed by atoms with Gasteiger partial charge in [0, 0.05) is 13.0 Å². The van der Waals surface area contributed by atoms with Gasteiger partial charge in [-0.25, -0.2) is 0 Å². The van der Waals surface area contributed by atoms with E-state index in [4.69, 9.17) is 0 Å². The number of benzene rings is 1. The molecule has 0 radical (unpaired) electrons. The lowest BCUT2D eigenvalue weighted by atomic mass is 10.1. The van der Waals surface area contributed by atoms with Crippen LogP contribution in [0.25, 0.3) is 0 Å². The van der Waals surface area contributed by atoms with Crippen molar-refractivity contribution in [2.75, 3.05) is 34.2 Å². The summed E-state index contributed by atoms with van der Waals surface area (Å²) >= 11 is 0. The first-order chi connectivity index (χ1) is 9.15. The Balaban J connectivity index is 2.45. The van der Waals surface area contributed by atoms with Gasteiger partial charge in [0.2, 0.25) is 5.91 Å². The van der Waals surface area contributed by atoms with E-state index in [1.54, 1.807) is 0 Å². The minimum absolute atomic E-state index is 0.123. The highest BCUT2D eigenvalue weighted by atomic mass is 16.1. The second-order valence-electron chi connectivity index (χ2n) is 4.90. The van der Waals surface area contributed by atoms with Gasteiger partial charge in [0.15, 0.2) is 0 Å². The Labute approximate surface area is 116 Å². The van der Waals surface area contributed by atoms with Crippen molar-refractivity contribution in [1.29, 1.82) is 0 Å². The highest BCUT2D eigenvalue weighted by Crippen LogP contribution is 2.16. The van der Waals surface area contributed by atoms with E-state index in [0.29, 0.717) is 13.0 Å². The van der Waals surface area contributed by atoms with Crippen LogP contribution in [0.2, 0.25) is 0 Å². The lowest BCUT2D eigenvalue weighted by Crippen LogP contribution is -2.34. The van der Waals surface area contributed by atoms with Gasteiger partial charge in [0.05, 0.1) is 6.04 Å². The van der Waals surface area contributed by atoms with E-state index in [0.717, 1.165) is 13.0 Å². The van der Waals surface area contributed by atoms with Crippen molar-refractivity contribution in [3.8, 4) is 0 Å². The van der Waals surface area contributed by atoms with Crippen molar-refractivity contribution in [3.05, 3.63) is 35.9 Å². The molecular weight excluding hydrogens is 238 g/mol. The lowest BCUT2D eigenvalue weighted by molar-refractivity contribution is -0.121. The molecular formula is C15H25N3O. The van der Waals surface area contributed by atoms with Crippen molar-refractivity contribution < 1.29 is 4.79 Å². The molecule has 0 aliphatic rings. The number of hydrogen-bond donors (Lipinski definition) is 2. The normalized spacial score (nSPS) is 12.4. The molecule has 0 saturated carbocycles. The summed E-state index contributed by atoms with van der Waals surface area (Å²) in [5, 5.41) is 6.06. The van der Waals surface area contributed by atoms with Gasteiger partial charge < -0.3 is 15.5 Å². The number of carbonyl (C=O) groups excluding carboxylic acids is 1. The zero-order chi connectivity index (χ0) is 14.1. The molecule has 2 N–H and O–H groups in total. The molecule has 4 heteroatoms. The third-order valence-corrected chi connectivity index (χ3v) is 3.13. The van der Waals surface area contributed by atoms with Crippen molar-refractivity contribution in [3.63, 3.8) is 0 Å². The minimum atomic E-state index is 0.123. The SMILES string of the molecule is CNCCCC(=O)NCC(c1ccccc1)N(C)C. The number of nitrogens with zero attached hydrogens (tertiary/aromatic N) is 1. The molecule has 0 fully saturated rings. The van der Waals surface area contributed by atoms with Crippen LogP contribution in [0.3, 0.4) is 0 Å². The predicted molar refractivity (Wildman–Crippen MR) is 79.0 cm³/mol. The summed E-state index contributed by atoms with van der Waals surface area (Å²) in [6, 6.07) is 10.5. The molecule has 1 atom stereocenters. The topological polar surface area (TPSA) is 44.4 Å². The third kappa shape index (κ3) is 5.85. The fourth-order valence-electron chi connectivity index (χ4n) is 2.00. The highest BCUT2D eigenvalue weighted by Gasteiger charge is 2.14. The molecule has 1 unspecified atom stereocenters. The first-order valence-electron chi connectivity index (χ1n) is 6.78. The molecule has 0 aliphatic carbocycles. The summed E-state index contributed by atoms with van der Waals surface area (Å²) in [5.41, 5.74) is 1.23. The summed E-state index contributed by atoms with van der Waals surface area (Å²) in [4.78, 5) is 13.8. The van der Waals surface area contributed by atoms with Gasteiger partial charge >= 0.3 is 0 Å². The highest BCUT2D eigenvalue weighted by molar-refractivity contribution is 5.75. The van der Waals surface area contributed by atoms with Crippen LogP contribution in [-0.2, 0) is 4.79 Å². The maximum absolute atomic E-state index is 11.7. The van der Waals surface area contributed by atoms with Crippen LogP contribution in [0.1, 0.15) is 24.4 Å². The summed E-state index contributed by atoms with van der Waals surface area (Å²) in [7, 11) is 5.96. The van der Waals surface area contributed by atoms with Crippen molar-refractivity contribution in [2.45, 2.75) is 18.9 Å². The molecule has 4 nitrogen and oxygen atoms in total. The smallest absolute Gasteiger partial charge is 0.220 e. The molecule has 19 heavy (non-hydrogen) atoms. The summed E-state index contributed by atoms with van der Waals surface area (Å²) < 4.78 is 0. The van der Waals surface area contributed by atoms with Crippen molar-refractivity contribution >= 4 is 5.91 Å². The summed E-state index contributed by atoms with van der Waals surface area (Å²) in [6.45, 7) is 1.53. The fraction of sp³-hybridized carbons (Fsp3) is 0.533. The van der Waals surface area contributed by atoms with Gasteiger partial charge in [0.25, 0.3) is 0 Å². The number of rotatable bonds is 8. The second-order valence-corrected chi connectivity index (χ2v) is 4.90. The van der Waals surface area contributed by atoms with Gasteiger partial charge in [-0.05, 0) is 39.7 Å². The molecule has 1 aromatic rings. The van der Waals surface area contributed by atoms with Gasteiger partial charge in [-0.2, -0.15) is 0 Å². The first-order valence-corrected chi connectivity index (χ1v) is 6.78. The Morgan fingerprint density at radius 1 is 1.26 bits per heavy atom. The van der Waals surface area contributed by atoms with Crippen LogP contribution in [0.15, 0.2) is 30.3 Å². The third-order valence-electron chi connectivity index (χ3n) is 3.13. The zero-order valence-corrected chi connectivity index (χ0v) is 12.1. The Hall–Kier alpha value is -1.39. The number of nitrogens with one attached hydrogen (secondary N) is 2. The summed E-state index contributed by atoms with van der Waals surface area (Å²) in [5.74, 6) is 0.123. The molecule has 0 aliphatic heterocycles. The zero-order valence-electron chi connectivity index (χ0n) is 12.1. The Morgan fingerprint density at radius 2 is 1.95 bits per heavy atom. The summed E-state index contributed by atoms with van der Waals surface area (Å²) in [6.07, 6.45) is 1.45. The van der Waals surface area contributed by atoms with Crippen LogP contribution in [0, 0.1) is 0 Å². The molecule has 0 spiro atoms. The van der Waals surface area contributed by atoms with Gasteiger partial charge in [-0.1, -0.05) is 30.3 Å². The molecule has 1 aromatic carbocycles. The van der Waals surface area contributed by atoms with E-state index in [-0.39, 0.29) is 11.9 Å². The maximum atomic E-state index is 11.7. The van der Waals surface area contributed by atoms with Gasteiger partial charge in [-0.3, -0.25) is 4.79 Å². The monoisotopic (exact) mass is 263 g/mol. The average molecular weight is 263 g/mol. The number of amides is 1. The molecule has 0 saturated heterocycles. The van der Waals surface area contributed by atoms with E-state index in [2.05, 4.69) is 27.7 Å². The lowest BCUT2D eigenvalue weighted by Gasteiger charge is -2.25. The molecule has 1 amide bonds. The minimum Gasteiger partial charge on any atom is -0.354 e. The molecule has 1 rings (SSSR count). The van der Waals surface area contributed by atoms with Gasteiger partial charge in [-0.15, -0.1) is 0 Å². The van der Waals surface area contributed by atoms with Crippen LogP contribution in [0.4, 0.5) is 0 Å². The van der Waals surface area contributed by atoms with E-state index < -0.39 is 0 Å². The van der Waals surface area contributed by atoms with E-state index >= 15 is 0 Å². The van der Waals surface area contributed by atoms with Crippen LogP contribution >= 0.6 is 0 Å². The Morgan fingerprint density at radius 3 is 2.53 bits per heavy atom. The number of carbonyl (C=O) groups is 1. The maximum Gasteiger partial charge on any atom is 0.220 e. The van der Waals surface area contributed by atoms with Crippen LogP contribution in [0.5, 0.6) is 0 Å². The molecule has 0 heterocycles. The second kappa shape index (κ2) is 8.67. The van der Waals surface area contributed by atoms with Crippen molar-refractivity contribution in [1.82, 2.24) is 15.5 Å².